The average molecular weight is 304 g/mol. The number of rotatable bonds is 6. The standard InChI is InChI=1S/C15H20N4O3/c1-4-11-17-18-12(22-11)7-19(9(2)3)15(20)13-14(10-5-6-10)21-8-16-13/h8-10H,4-7H2,1-3H3. The molecule has 0 spiro atoms. The summed E-state index contributed by atoms with van der Waals surface area (Å²) in [5.41, 5.74) is 0.409. The first-order chi connectivity index (χ1) is 10.6. The molecule has 0 radical (unpaired) electrons. The van der Waals surface area contributed by atoms with Gasteiger partial charge in [0.15, 0.2) is 12.1 Å². The largest absolute Gasteiger partial charge is 0.447 e. The van der Waals surface area contributed by atoms with Gasteiger partial charge in [-0.3, -0.25) is 4.79 Å². The van der Waals surface area contributed by atoms with Gasteiger partial charge in [-0.2, -0.15) is 0 Å². The number of carbonyl (C=O) groups excluding carboxylic acids is 1. The van der Waals surface area contributed by atoms with E-state index >= 15 is 0 Å². The molecule has 1 fully saturated rings. The quantitative estimate of drug-likeness (QED) is 0.815. The molecule has 22 heavy (non-hydrogen) atoms. The van der Waals surface area contributed by atoms with E-state index in [2.05, 4.69) is 15.2 Å². The van der Waals surface area contributed by atoms with Crippen LogP contribution in [-0.4, -0.2) is 32.0 Å². The molecule has 0 unspecified atom stereocenters. The maximum absolute atomic E-state index is 12.8. The van der Waals surface area contributed by atoms with Crippen molar-refractivity contribution in [3.63, 3.8) is 0 Å². The Hall–Kier alpha value is -2.18. The van der Waals surface area contributed by atoms with Crippen LogP contribution in [0.25, 0.3) is 0 Å². The van der Waals surface area contributed by atoms with Gasteiger partial charge in [0, 0.05) is 18.4 Å². The fourth-order valence-corrected chi connectivity index (χ4v) is 2.32. The minimum absolute atomic E-state index is 0.00627. The van der Waals surface area contributed by atoms with Crippen LogP contribution in [0.2, 0.25) is 0 Å². The van der Waals surface area contributed by atoms with Crippen LogP contribution in [0.5, 0.6) is 0 Å². The number of amides is 1. The lowest BCUT2D eigenvalue weighted by atomic mass is 10.2. The van der Waals surface area contributed by atoms with E-state index in [0.29, 0.717) is 35.6 Å². The van der Waals surface area contributed by atoms with Crippen LogP contribution in [0.3, 0.4) is 0 Å². The second-order valence-corrected chi connectivity index (χ2v) is 5.81. The Balaban J connectivity index is 1.80. The van der Waals surface area contributed by atoms with Gasteiger partial charge in [0.05, 0.1) is 6.54 Å². The normalized spacial score (nSPS) is 14.5. The van der Waals surface area contributed by atoms with E-state index < -0.39 is 0 Å². The molecular formula is C15H20N4O3. The van der Waals surface area contributed by atoms with Gasteiger partial charge in [-0.25, -0.2) is 4.98 Å². The van der Waals surface area contributed by atoms with Crippen molar-refractivity contribution in [2.24, 2.45) is 0 Å². The van der Waals surface area contributed by atoms with Gasteiger partial charge in [-0.05, 0) is 26.7 Å². The first-order valence-corrected chi connectivity index (χ1v) is 7.65. The number of hydrogen-bond acceptors (Lipinski definition) is 6. The minimum Gasteiger partial charge on any atom is -0.447 e. The molecule has 0 bridgehead atoms. The zero-order valence-electron chi connectivity index (χ0n) is 13.1. The highest BCUT2D eigenvalue weighted by Gasteiger charge is 2.34. The summed E-state index contributed by atoms with van der Waals surface area (Å²) in [4.78, 5) is 18.6. The molecule has 1 aliphatic rings. The van der Waals surface area contributed by atoms with E-state index in [-0.39, 0.29) is 18.5 Å². The van der Waals surface area contributed by atoms with E-state index in [0.717, 1.165) is 12.8 Å². The zero-order valence-corrected chi connectivity index (χ0v) is 13.1. The molecule has 1 amide bonds. The molecule has 7 heteroatoms. The lowest BCUT2D eigenvalue weighted by Crippen LogP contribution is -2.37. The number of aromatic nitrogens is 3. The molecule has 2 heterocycles. The fraction of sp³-hybridized carbons (Fsp3) is 0.600. The predicted octanol–water partition coefficient (Wildman–Crippen LogP) is 2.55. The lowest BCUT2D eigenvalue weighted by Gasteiger charge is -2.24. The first kappa shape index (κ1) is 14.7. The number of oxazole rings is 1. The van der Waals surface area contributed by atoms with Gasteiger partial charge < -0.3 is 13.7 Å². The Morgan fingerprint density at radius 2 is 2.09 bits per heavy atom. The van der Waals surface area contributed by atoms with Gasteiger partial charge in [0.2, 0.25) is 11.8 Å². The summed E-state index contributed by atoms with van der Waals surface area (Å²) in [5, 5.41) is 7.92. The van der Waals surface area contributed by atoms with Gasteiger partial charge in [-0.1, -0.05) is 6.92 Å². The average Bonchev–Trinajstić information content (AvgIpc) is 3.05. The molecule has 0 aliphatic heterocycles. The summed E-state index contributed by atoms with van der Waals surface area (Å²) >= 11 is 0. The second kappa shape index (κ2) is 5.90. The summed E-state index contributed by atoms with van der Waals surface area (Å²) in [6, 6.07) is -0.00627. The highest BCUT2D eigenvalue weighted by atomic mass is 16.4. The summed E-state index contributed by atoms with van der Waals surface area (Å²) in [6.45, 7) is 6.12. The molecule has 0 N–H and O–H groups in total. The summed E-state index contributed by atoms with van der Waals surface area (Å²) in [6.07, 6.45) is 4.14. The Morgan fingerprint density at radius 3 is 2.68 bits per heavy atom. The van der Waals surface area contributed by atoms with Crippen LogP contribution >= 0.6 is 0 Å². The second-order valence-electron chi connectivity index (χ2n) is 5.81. The molecule has 0 aromatic carbocycles. The van der Waals surface area contributed by atoms with Gasteiger partial charge in [0.1, 0.15) is 5.76 Å². The maximum atomic E-state index is 12.8. The van der Waals surface area contributed by atoms with Crippen molar-refractivity contribution in [3.8, 4) is 0 Å². The van der Waals surface area contributed by atoms with Crippen LogP contribution in [0.15, 0.2) is 15.2 Å². The van der Waals surface area contributed by atoms with Crippen molar-refractivity contribution >= 4 is 5.91 Å². The van der Waals surface area contributed by atoms with Crippen LogP contribution < -0.4 is 0 Å². The molecule has 0 atom stereocenters. The molecule has 1 aliphatic carbocycles. The molecule has 2 aromatic heterocycles. The van der Waals surface area contributed by atoms with E-state index in [1.165, 1.54) is 6.39 Å². The SMILES string of the molecule is CCc1nnc(CN(C(=O)c2ncoc2C2CC2)C(C)C)o1. The first-order valence-electron chi connectivity index (χ1n) is 7.65. The molecule has 118 valence electrons. The Morgan fingerprint density at radius 1 is 1.36 bits per heavy atom. The Kier molecular flexibility index (Phi) is 3.96. The van der Waals surface area contributed by atoms with Crippen LogP contribution in [0, 0.1) is 0 Å². The summed E-state index contributed by atoms with van der Waals surface area (Å²) in [5.74, 6) is 1.91. The van der Waals surface area contributed by atoms with Gasteiger partial charge >= 0.3 is 0 Å². The molecule has 1 saturated carbocycles. The van der Waals surface area contributed by atoms with Crippen LogP contribution in [0.4, 0.5) is 0 Å². The smallest absolute Gasteiger partial charge is 0.276 e. The van der Waals surface area contributed by atoms with Gasteiger partial charge in [-0.15, -0.1) is 10.2 Å². The van der Waals surface area contributed by atoms with E-state index in [1.54, 1.807) is 4.90 Å². The lowest BCUT2D eigenvalue weighted by molar-refractivity contribution is 0.0663. The van der Waals surface area contributed by atoms with E-state index in [9.17, 15) is 4.79 Å². The summed E-state index contributed by atoms with van der Waals surface area (Å²) < 4.78 is 10.9. The molecule has 0 saturated heterocycles. The number of aryl methyl sites for hydroxylation is 1. The van der Waals surface area contributed by atoms with E-state index in [4.69, 9.17) is 8.83 Å². The van der Waals surface area contributed by atoms with Crippen LogP contribution in [0.1, 0.15) is 67.6 Å². The predicted molar refractivity (Wildman–Crippen MR) is 77.2 cm³/mol. The van der Waals surface area contributed by atoms with Crippen molar-refractivity contribution < 1.29 is 13.6 Å². The van der Waals surface area contributed by atoms with Crippen molar-refractivity contribution in [3.05, 3.63) is 29.6 Å². The zero-order chi connectivity index (χ0) is 15.7. The topological polar surface area (TPSA) is 85.3 Å². The fourth-order valence-electron chi connectivity index (χ4n) is 2.32. The summed E-state index contributed by atoms with van der Waals surface area (Å²) in [7, 11) is 0. The molecule has 2 aromatic rings. The molecular weight excluding hydrogens is 284 g/mol. The number of carbonyl (C=O) groups is 1. The molecule has 3 rings (SSSR count). The van der Waals surface area contributed by atoms with Gasteiger partial charge in [0.25, 0.3) is 5.91 Å². The monoisotopic (exact) mass is 304 g/mol. The van der Waals surface area contributed by atoms with Crippen molar-refractivity contribution in [2.75, 3.05) is 0 Å². The maximum Gasteiger partial charge on any atom is 0.276 e. The van der Waals surface area contributed by atoms with Crippen molar-refractivity contribution in [1.29, 1.82) is 0 Å². The van der Waals surface area contributed by atoms with Crippen molar-refractivity contribution in [1.82, 2.24) is 20.1 Å². The highest BCUT2D eigenvalue weighted by Crippen LogP contribution is 2.41. The Bertz CT molecular complexity index is 657. The van der Waals surface area contributed by atoms with Crippen LogP contribution in [-0.2, 0) is 13.0 Å². The Labute approximate surface area is 128 Å². The third-order valence-electron chi connectivity index (χ3n) is 3.75. The third-order valence-corrected chi connectivity index (χ3v) is 3.75. The number of hydrogen-bond donors (Lipinski definition) is 0. The minimum atomic E-state index is -0.151. The third kappa shape index (κ3) is 2.88. The highest BCUT2D eigenvalue weighted by molar-refractivity contribution is 5.93. The van der Waals surface area contributed by atoms with E-state index in [1.807, 2.05) is 20.8 Å². The molecule has 7 nitrogen and oxygen atoms in total. The van der Waals surface area contributed by atoms with Crippen molar-refractivity contribution in [2.45, 2.75) is 58.5 Å². The number of nitrogens with zero attached hydrogens (tertiary/aromatic N) is 4.